The van der Waals surface area contributed by atoms with E-state index in [2.05, 4.69) is 18.3 Å². The van der Waals surface area contributed by atoms with E-state index >= 15 is 0 Å². The fraction of sp³-hybridized carbons (Fsp3) is 0.538. The molecule has 0 saturated heterocycles. The summed E-state index contributed by atoms with van der Waals surface area (Å²) in [6, 6.07) is 8.19. The molecule has 1 aromatic carbocycles. The van der Waals surface area contributed by atoms with Crippen molar-refractivity contribution in [1.82, 2.24) is 5.32 Å². The first kappa shape index (κ1) is 14.4. The van der Waals surface area contributed by atoms with Gasteiger partial charge in [0, 0.05) is 28.9 Å². The Morgan fingerprint density at radius 3 is 2.88 bits per heavy atom. The van der Waals surface area contributed by atoms with Gasteiger partial charge in [0.2, 0.25) is 0 Å². The smallest absolute Gasteiger partial charge is 0.0681 e. The molecule has 96 valence electrons. The third-order valence-corrected chi connectivity index (χ3v) is 3.56. The molecule has 0 bridgehead atoms. The minimum Gasteiger partial charge on any atom is -0.392 e. The van der Waals surface area contributed by atoms with Crippen molar-refractivity contribution in [3.63, 3.8) is 0 Å². The molecular weight excluding hydrogens is 234 g/mol. The summed E-state index contributed by atoms with van der Waals surface area (Å²) < 4.78 is 10.9. The molecule has 0 heterocycles. The van der Waals surface area contributed by atoms with Crippen molar-refractivity contribution in [1.29, 1.82) is 0 Å². The topological polar surface area (TPSA) is 49.3 Å². The number of benzene rings is 1. The van der Waals surface area contributed by atoms with Gasteiger partial charge in [0.15, 0.2) is 0 Å². The van der Waals surface area contributed by atoms with Crippen LogP contribution in [0.25, 0.3) is 0 Å². The molecule has 0 aliphatic heterocycles. The normalized spacial score (nSPS) is 14.5. The van der Waals surface area contributed by atoms with Crippen molar-refractivity contribution < 1.29 is 9.32 Å². The fourth-order valence-electron chi connectivity index (χ4n) is 1.67. The minimum atomic E-state index is -0.703. The van der Waals surface area contributed by atoms with E-state index in [-0.39, 0.29) is 12.6 Å². The zero-order chi connectivity index (χ0) is 12.7. The Labute approximate surface area is 106 Å². The van der Waals surface area contributed by atoms with E-state index in [9.17, 15) is 4.21 Å². The molecule has 4 heteroatoms. The summed E-state index contributed by atoms with van der Waals surface area (Å²) in [4.78, 5) is 0. The van der Waals surface area contributed by atoms with Crippen LogP contribution in [0.4, 0.5) is 0 Å². The lowest BCUT2D eigenvalue weighted by Gasteiger charge is -2.14. The van der Waals surface area contributed by atoms with Crippen molar-refractivity contribution in [2.45, 2.75) is 26.0 Å². The zero-order valence-corrected chi connectivity index (χ0v) is 11.3. The molecule has 0 aromatic heterocycles. The second kappa shape index (κ2) is 7.58. The van der Waals surface area contributed by atoms with Crippen LogP contribution in [0.3, 0.4) is 0 Å². The lowest BCUT2D eigenvalue weighted by molar-refractivity contribution is 0.281. The van der Waals surface area contributed by atoms with Gasteiger partial charge in [0.25, 0.3) is 0 Å². The highest BCUT2D eigenvalue weighted by Gasteiger charge is 2.04. The molecule has 0 fully saturated rings. The predicted octanol–water partition coefficient (Wildman–Crippen LogP) is 1.60. The van der Waals surface area contributed by atoms with Crippen LogP contribution in [-0.2, 0) is 17.4 Å². The van der Waals surface area contributed by atoms with E-state index < -0.39 is 10.8 Å². The molecule has 2 N–H and O–H groups in total. The molecule has 0 aliphatic carbocycles. The predicted molar refractivity (Wildman–Crippen MR) is 72.3 cm³/mol. The highest BCUT2D eigenvalue weighted by molar-refractivity contribution is 7.84. The Kier molecular flexibility index (Phi) is 6.40. The Hall–Kier alpha value is -0.710. The average molecular weight is 255 g/mol. The van der Waals surface area contributed by atoms with Crippen LogP contribution in [0.5, 0.6) is 0 Å². The molecular formula is C13H21NO2S. The van der Waals surface area contributed by atoms with Crippen molar-refractivity contribution in [3.05, 3.63) is 35.4 Å². The molecule has 1 rings (SSSR count). The number of hydrogen-bond donors (Lipinski definition) is 2. The van der Waals surface area contributed by atoms with Gasteiger partial charge in [0.05, 0.1) is 6.61 Å². The van der Waals surface area contributed by atoms with E-state index in [1.54, 1.807) is 6.26 Å². The summed E-state index contributed by atoms with van der Waals surface area (Å²) >= 11 is 0. The fourth-order valence-corrected chi connectivity index (χ4v) is 2.22. The van der Waals surface area contributed by atoms with Gasteiger partial charge < -0.3 is 10.4 Å². The first-order chi connectivity index (χ1) is 8.13. The highest BCUT2D eigenvalue weighted by atomic mass is 32.2. The van der Waals surface area contributed by atoms with Crippen LogP contribution < -0.4 is 5.32 Å². The lowest BCUT2D eigenvalue weighted by atomic mass is 10.1. The maximum atomic E-state index is 10.9. The van der Waals surface area contributed by atoms with Crippen molar-refractivity contribution in [2.24, 2.45) is 0 Å². The molecule has 0 saturated carbocycles. The second-order valence-electron chi connectivity index (χ2n) is 4.21. The van der Waals surface area contributed by atoms with Crippen LogP contribution in [0.15, 0.2) is 24.3 Å². The van der Waals surface area contributed by atoms with Gasteiger partial charge in [-0.05, 0) is 31.0 Å². The van der Waals surface area contributed by atoms with Gasteiger partial charge in [-0.1, -0.05) is 24.3 Å². The van der Waals surface area contributed by atoms with Crippen molar-refractivity contribution >= 4 is 10.8 Å². The Morgan fingerprint density at radius 2 is 2.24 bits per heavy atom. The molecule has 1 aromatic rings. The maximum absolute atomic E-state index is 10.9. The lowest BCUT2D eigenvalue weighted by Crippen LogP contribution is -2.21. The average Bonchev–Trinajstić information content (AvgIpc) is 2.34. The third-order valence-electron chi connectivity index (χ3n) is 2.69. The number of rotatable bonds is 7. The van der Waals surface area contributed by atoms with Crippen LogP contribution in [0, 0.1) is 0 Å². The molecule has 0 amide bonds. The molecule has 17 heavy (non-hydrogen) atoms. The molecule has 2 unspecified atom stereocenters. The first-order valence-electron chi connectivity index (χ1n) is 5.86. The zero-order valence-electron chi connectivity index (χ0n) is 10.5. The van der Waals surface area contributed by atoms with Gasteiger partial charge in [-0.2, -0.15) is 0 Å². The summed E-state index contributed by atoms with van der Waals surface area (Å²) in [5.74, 6) is 0.746. The summed E-state index contributed by atoms with van der Waals surface area (Å²) in [6.45, 7) is 3.04. The Balaban J connectivity index is 2.40. The summed E-state index contributed by atoms with van der Waals surface area (Å²) in [5, 5.41) is 12.5. The van der Waals surface area contributed by atoms with E-state index in [4.69, 9.17) is 5.11 Å². The maximum Gasteiger partial charge on any atom is 0.0681 e. The molecule has 2 atom stereocenters. The summed E-state index contributed by atoms with van der Waals surface area (Å²) in [7, 11) is -0.703. The van der Waals surface area contributed by atoms with Crippen LogP contribution >= 0.6 is 0 Å². The van der Waals surface area contributed by atoms with Crippen LogP contribution in [0.1, 0.15) is 30.5 Å². The summed E-state index contributed by atoms with van der Waals surface area (Å²) in [6.07, 6.45) is 2.65. The standard InChI is InChI=1S/C13H21NO2S/c1-11(14-7-4-8-17(2)16)13-6-3-5-12(9-13)10-15/h3,5-6,9,11,14-15H,4,7-8,10H2,1-2H3. The van der Waals surface area contributed by atoms with Gasteiger partial charge in [0.1, 0.15) is 0 Å². The number of nitrogens with one attached hydrogen (secondary N) is 1. The minimum absolute atomic E-state index is 0.0787. The largest absolute Gasteiger partial charge is 0.392 e. The van der Waals surface area contributed by atoms with E-state index in [0.29, 0.717) is 0 Å². The van der Waals surface area contributed by atoms with Gasteiger partial charge in [-0.25, -0.2) is 0 Å². The Bertz CT molecular complexity index is 368. The monoisotopic (exact) mass is 255 g/mol. The number of aliphatic hydroxyl groups excluding tert-OH is 1. The van der Waals surface area contributed by atoms with Crippen LogP contribution in [0.2, 0.25) is 0 Å². The van der Waals surface area contributed by atoms with Gasteiger partial charge in [-0.15, -0.1) is 0 Å². The molecule has 0 radical (unpaired) electrons. The van der Waals surface area contributed by atoms with E-state index in [1.807, 2.05) is 18.2 Å². The third kappa shape index (κ3) is 5.44. The molecule has 0 spiro atoms. The second-order valence-corrected chi connectivity index (χ2v) is 5.76. The molecule has 3 nitrogen and oxygen atoms in total. The highest BCUT2D eigenvalue weighted by Crippen LogP contribution is 2.14. The number of aliphatic hydroxyl groups is 1. The van der Waals surface area contributed by atoms with Crippen molar-refractivity contribution in [3.8, 4) is 0 Å². The first-order valence-corrected chi connectivity index (χ1v) is 7.59. The van der Waals surface area contributed by atoms with Crippen molar-refractivity contribution in [2.75, 3.05) is 18.6 Å². The SMILES string of the molecule is CC(NCCCS(C)=O)c1cccc(CO)c1. The molecule has 0 aliphatic rings. The quantitative estimate of drug-likeness (QED) is 0.728. The van der Waals surface area contributed by atoms with Crippen LogP contribution in [-0.4, -0.2) is 27.9 Å². The van der Waals surface area contributed by atoms with Gasteiger partial charge >= 0.3 is 0 Å². The van der Waals surface area contributed by atoms with Gasteiger partial charge in [-0.3, -0.25) is 4.21 Å². The Morgan fingerprint density at radius 1 is 1.47 bits per heavy atom. The number of hydrogen-bond acceptors (Lipinski definition) is 3. The van der Waals surface area contributed by atoms with E-state index in [0.717, 1.165) is 24.3 Å². The summed E-state index contributed by atoms with van der Waals surface area (Å²) in [5.41, 5.74) is 2.11. The van der Waals surface area contributed by atoms with E-state index in [1.165, 1.54) is 5.56 Å².